The fraction of sp³-hybridized carbons (Fsp3) is 0.792. The van der Waals surface area contributed by atoms with E-state index in [-0.39, 0.29) is 49.1 Å². The van der Waals surface area contributed by atoms with Crippen LogP contribution >= 0.6 is 0 Å². The van der Waals surface area contributed by atoms with E-state index in [0.717, 1.165) is 44.9 Å². The van der Waals surface area contributed by atoms with Crippen LogP contribution in [0.4, 0.5) is 0 Å². The van der Waals surface area contributed by atoms with Crippen LogP contribution in [0.25, 0.3) is 0 Å². The summed E-state index contributed by atoms with van der Waals surface area (Å²) in [6.45, 7) is 4.60. The van der Waals surface area contributed by atoms with Crippen LogP contribution in [0.15, 0.2) is 48.6 Å². The molecule has 2 atom stereocenters. The molecule has 2 unspecified atom stereocenters. The maximum Gasteiger partial charge on any atom is 0.306 e. The number of carboxylic acid groups (broad SMARTS) is 1. The monoisotopic (exact) mass is 858 g/mol. The Labute approximate surface area is 376 Å². The lowest BCUT2D eigenvalue weighted by molar-refractivity contribution is -0.889. The molecule has 0 heterocycles. The number of quaternary nitrogens is 1. The Balaban J connectivity index is 4.31. The van der Waals surface area contributed by atoms with Crippen molar-refractivity contribution in [2.75, 3.05) is 41.0 Å². The second-order valence-electron chi connectivity index (χ2n) is 18.1. The third-order valence-corrected chi connectivity index (χ3v) is 11.2. The van der Waals surface area contributed by atoms with E-state index in [0.29, 0.717) is 12.8 Å². The van der Waals surface area contributed by atoms with Crippen molar-refractivity contribution in [2.24, 2.45) is 0 Å². The average Bonchev–Trinajstić information content (AvgIpc) is 3.22. The molecular weight excluding hydrogens is 763 g/mol. The van der Waals surface area contributed by atoms with Gasteiger partial charge in [0.1, 0.15) is 12.6 Å². The molecule has 0 radical (unpaired) electrons. The average molecular weight is 858 g/mol. The van der Waals surface area contributed by atoms with Gasteiger partial charge in [-0.05, 0) is 51.4 Å². The second-order valence-corrected chi connectivity index (χ2v) is 18.1. The highest BCUT2D eigenvalue weighted by Crippen LogP contribution is 2.16. The molecule has 0 rings (SSSR count). The van der Waals surface area contributed by atoms with Gasteiger partial charge in [0.25, 0.3) is 0 Å². The van der Waals surface area contributed by atoms with Gasteiger partial charge in [-0.25, -0.2) is 0 Å². The summed E-state index contributed by atoms with van der Waals surface area (Å²) in [7, 11) is 5.40. The molecule has 0 bridgehead atoms. The van der Waals surface area contributed by atoms with E-state index in [1.165, 1.54) is 135 Å². The molecule has 0 aliphatic rings. The first kappa shape index (κ1) is 58.3. The molecule has 0 saturated carbocycles. The zero-order valence-corrected chi connectivity index (χ0v) is 40.3. The highest BCUT2D eigenvalue weighted by molar-refractivity contribution is 5.70. The van der Waals surface area contributed by atoms with Crippen LogP contribution in [-0.2, 0) is 28.6 Å². The fourth-order valence-electron chi connectivity index (χ4n) is 7.30. The van der Waals surface area contributed by atoms with Crippen LogP contribution in [0, 0.1) is 0 Å². The van der Waals surface area contributed by atoms with Gasteiger partial charge in [0.2, 0.25) is 0 Å². The minimum atomic E-state index is -1.13. The lowest BCUT2D eigenvalue weighted by Gasteiger charge is -2.34. The number of likely N-dealkylation sites (N-methyl/N-ethyl adjacent to an activating group) is 1. The molecule has 0 spiro atoms. The highest BCUT2D eigenvalue weighted by Gasteiger charge is 2.25. The van der Waals surface area contributed by atoms with Gasteiger partial charge < -0.3 is 28.6 Å². The van der Waals surface area contributed by atoms with E-state index in [2.05, 4.69) is 62.5 Å². The predicted octanol–water partition coefficient (Wildman–Crippen LogP) is 13.0. The minimum Gasteiger partial charge on any atom is -0.544 e. The largest absolute Gasteiger partial charge is 0.544 e. The SMILES string of the molecule is CCCCC/C=C/C/C=C/C/C=C/C/C=C/CCCC(=O)OCC(COCCC(C(=O)[O-])[N+](C)(C)C)OC(=O)CCCCCCCCCCCCCCCCCCCCCC. The van der Waals surface area contributed by atoms with Gasteiger partial charge in [0.15, 0.2) is 6.10 Å². The summed E-state index contributed by atoms with van der Waals surface area (Å²) in [5.74, 6) is -1.80. The first-order valence-electron chi connectivity index (χ1n) is 25.2. The Morgan fingerprint density at radius 2 is 0.885 bits per heavy atom. The van der Waals surface area contributed by atoms with E-state index in [1.807, 2.05) is 0 Å². The zero-order valence-electron chi connectivity index (χ0n) is 40.3. The Morgan fingerprint density at radius 1 is 0.492 bits per heavy atom. The second kappa shape index (κ2) is 43.9. The maximum atomic E-state index is 12.8. The van der Waals surface area contributed by atoms with E-state index in [4.69, 9.17) is 14.2 Å². The number of esters is 2. The van der Waals surface area contributed by atoms with Crippen LogP contribution < -0.4 is 5.11 Å². The summed E-state index contributed by atoms with van der Waals surface area (Å²) in [6, 6.07) is -0.734. The predicted molar refractivity (Wildman–Crippen MR) is 254 cm³/mol. The number of allylic oxidation sites excluding steroid dienone is 8. The van der Waals surface area contributed by atoms with E-state index >= 15 is 0 Å². The van der Waals surface area contributed by atoms with Gasteiger partial charge in [-0.3, -0.25) is 9.59 Å². The lowest BCUT2D eigenvalue weighted by Crippen LogP contribution is -2.55. The van der Waals surface area contributed by atoms with Gasteiger partial charge in [-0.2, -0.15) is 0 Å². The summed E-state index contributed by atoms with van der Waals surface area (Å²) in [5, 5.41) is 11.7. The van der Waals surface area contributed by atoms with Crippen LogP contribution in [0.1, 0.15) is 219 Å². The van der Waals surface area contributed by atoms with Gasteiger partial charge in [0.05, 0.1) is 40.3 Å². The van der Waals surface area contributed by atoms with Crippen LogP contribution in [0.5, 0.6) is 0 Å². The molecule has 8 heteroatoms. The van der Waals surface area contributed by atoms with Gasteiger partial charge in [0, 0.05) is 19.3 Å². The number of rotatable bonds is 45. The molecule has 0 amide bonds. The van der Waals surface area contributed by atoms with Crippen molar-refractivity contribution < 1.29 is 38.2 Å². The van der Waals surface area contributed by atoms with E-state index < -0.39 is 18.1 Å². The van der Waals surface area contributed by atoms with Crippen molar-refractivity contribution in [3.05, 3.63) is 48.6 Å². The maximum absolute atomic E-state index is 12.8. The number of carbonyl (C=O) groups is 3. The fourth-order valence-corrected chi connectivity index (χ4v) is 7.30. The molecule has 0 aromatic carbocycles. The molecule has 0 aromatic rings. The number of carboxylic acids is 1. The normalized spacial score (nSPS) is 13.3. The minimum absolute atomic E-state index is 0.0252. The molecule has 0 N–H and O–H groups in total. The van der Waals surface area contributed by atoms with Gasteiger partial charge in [-0.15, -0.1) is 0 Å². The number of nitrogens with zero attached hydrogens (tertiary/aromatic N) is 1. The molecule has 0 fully saturated rings. The standard InChI is InChI=1S/C53H95NO7/c1-6-8-10-12-14-16-18-20-22-24-25-26-28-30-32-34-36-38-40-42-44-52(56)61-49(47-59-46-45-50(53(57)58)54(3,4)5)48-60-51(55)43-41-39-37-35-33-31-29-27-23-21-19-17-15-13-11-9-7-2/h15,17,21,23,29,31,35,37,49-50H,6-14,16,18-20,22,24-28,30,32-34,36,38-48H2,1-5H3/b17-15+,23-21+,31-29+,37-35+. The number of hydrogen-bond acceptors (Lipinski definition) is 7. The summed E-state index contributed by atoms with van der Waals surface area (Å²) in [6.07, 6.45) is 52.9. The zero-order chi connectivity index (χ0) is 44.9. The van der Waals surface area contributed by atoms with Crippen molar-refractivity contribution in [1.29, 1.82) is 0 Å². The molecule has 0 aliphatic heterocycles. The van der Waals surface area contributed by atoms with E-state index in [1.54, 1.807) is 21.1 Å². The number of ether oxygens (including phenoxy) is 3. The Kier molecular flexibility index (Phi) is 42.0. The molecule has 0 aliphatic carbocycles. The Bertz CT molecular complexity index is 1140. The van der Waals surface area contributed by atoms with Crippen LogP contribution in [0.3, 0.4) is 0 Å². The molecule has 0 saturated heterocycles. The molecule has 0 aromatic heterocycles. The number of carbonyl (C=O) groups excluding carboxylic acids is 3. The number of hydrogen-bond donors (Lipinski definition) is 0. The molecule has 8 nitrogen and oxygen atoms in total. The quantitative estimate of drug-likeness (QED) is 0.0260. The third kappa shape index (κ3) is 42.4. The van der Waals surface area contributed by atoms with Crippen molar-refractivity contribution in [3.63, 3.8) is 0 Å². The third-order valence-electron chi connectivity index (χ3n) is 11.2. The summed E-state index contributed by atoms with van der Waals surface area (Å²) >= 11 is 0. The topological polar surface area (TPSA) is 102 Å². The van der Waals surface area contributed by atoms with Crippen molar-refractivity contribution in [1.82, 2.24) is 0 Å². The summed E-state index contributed by atoms with van der Waals surface area (Å²) in [4.78, 5) is 37.0. The molecular formula is C53H95NO7. The Morgan fingerprint density at radius 3 is 1.33 bits per heavy atom. The highest BCUT2D eigenvalue weighted by atomic mass is 16.6. The molecule has 354 valence electrons. The van der Waals surface area contributed by atoms with Gasteiger partial charge >= 0.3 is 11.9 Å². The molecule has 61 heavy (non-hydrogen) atoms. The van der Waals surface area contributed by atoms with E-state index in [9.17, 15) is 19.5 Å². The summed E-state index contributed by atoms with van der Waals surface area (Å²) in [5.41, 5.74) is 0. The summed E-state index contributed by atoms with van der Waals surface area (Å²) < 4.78 is 17.2. The number of unbranched alkanes of at least 4 members (excludes halogenated alkanes) is 23. The van der Waals surface area contributed by atoms with Crippen LogP contribution in [-0.4, -0.2) is 75.5 Å². The first-order valence-corrected chi connectivity index (χ1v) is 25.2. The lowest BCUT2D eigenvalue weighted by atomic mass is 10.0. The first-order chi connectivity index (χ1) is 29.6. The smallest absolute Gasteiger partial charge is 0.306 e. The van der Waals surface area contributed by atoms with Crippen molar-refractivity contribution in [3.8, 4) is 0 Å². The van der Waals surface area contributed by atoms with Crippen molar-refractivity contribution >= 4 is 17.9 Å². The van der Waals surface area contributed by atoms with Crippen molar-refractivity contribution in [2.45, 2.75) is 231 Å². The Hall–Kier alpha value is -2.71. The van der Waals surface area contributed by atoms with Gasteiger partial charge in [-0.1, -0.05) is 197 Å². The number of aliphatic carboxylic acids is 1. The van der Waals surface area contributed by atoms with Crippen LogP contribution in [0.2, 0.25) is 0 Å².